The molecule has 9 heteroatoms. The van der Waals surface area contributed by atoms with Crippen LogP contribution in [0.3, 0.4) is 0 Å². The van der Waals surface area contributed by atoms with Gasteiger partial charge in [0.1, 0.15) is 4.90 Å². The van der Waals surface area contributed by atoms with Gasteiger partial charge in [0.15, 0.2) is 5.82 Å². The summed E-state index contributed by atoms with van der Waals surface area (Å²) in [6.45, 7) is 4.52. The van der Waals surface area contributed by atoms with Crippen molar-refractivity contribution in [3.63, 3.8) is 0 Å². The minimum atomic E-state index is -3.83. The predicted octanol–water partition coefficient (Wildman–Crippen LogP) is 1.57. The molecular formula is C14H20Cl2FN3O2S. The van der Waals surface area contributed by atoms with Crippen molar-refractivity contribution in [1.29, 1.82) is 0 Å². The van der Waals surface area contributed by atoms with Crippen LogP contribution in [0.25, 0.3) is 0 Å². The third kappa shape index (κ3) is 3.81. The van der Waals surface area contributed by atoms with Gasteiger partial charge in [0.2, 0.25) is 10.0 Å². The van der Waals surface area contributed by atoms with Gasteiger partial charge in [-0.25, -0.2) is 12.8 Å². The summed E-state index contributed by atoms with van der Waals surface area (Å²) in [6, 6.07) is 4.29. The van der Waals surface area contributed by atoms with Crippen molar-refractivity contribution in [2.75, 3.05) is 39.3 Å². The zero-order valence-electron chi connectivity index (χ0n) is 12.5. The van der Waals surface area contributed by atoms with E-state index >= 15 is 0 Å². The van der Waals surface area contributed by atoms with E-state index in [1.54, 1.807) is 0 Å². The second-order valence-electron chi connectivity index (χ2n) is 5.64. The zero-order valence-corrected chi connectivity index (χ0v) is 14.9. The first-order valence-corrected chi connectivity index (χ1v) is 9.21. The molecule has 1 N–H and O–H groups in total. The molecule has 0 spiro atoms. The first-order valence-electron chi connectivity index (χ1n) is 7.39. The Morgan fingerprint density at radius 3 is 2.61 bits per heavy atom. The number of sulfonamides is 1. The summed E-state index contributed by atoms with van der Waals surface area (Å²) in [4.78, 5) is 1.97. The second kappa shape index (κ2) is 7.63. The van der Waals surface area contributed by atoms with Gasteiger partial charge in [-0.1, -0.05) is 17.7 Å². The number of piperazine rings is 1. The van der Waals surface area contributed by atoms with Gasteiger partial charge in [0, 0.05) is 45.3 Å². The molecule has 23 heavy (non-hydrogen) atoms. The Labute approximate surface area is 147 Å². The van der Waals surface area contributed by atoms with Gasteiger partial charge in [0.25, 0.3) is 0 Å². The summed E-state index contributed by atoms with van der Waals surface area (Å²) in [5.74, 6) is -0.866. The Bertz CT molecular complexity index is 653. The Morgan fingerprint density at radius 2 is 1.91 bits per heavy atom. The van der Waals surface area contributed by atoms with Crippen molar-refractivity contribution in [3.8, 4) is 0 Å². The van der Waals surface area contributed by atoms with E-state index in [9.17, 15) is 12.8 Å². The summed E-state index contributed by atoms with van der Waals surface area (Å²) in [5.41, 5.74) is 0. The van der Waals surface area contributed by atoms with Gasteiger partial charge in [-0.05, 0) is 18.6 Å². The number of hydrogen-bond acceptors (Lipinski definition) is 4. The van der Waals surface area contributed by atoms with E-state index in [2.05, 4.69) is 10.2 Å². The Hall–Kier alpha value is -0.440. The predicted molar refractivity (Wildman–Crippen MR) is 90.3 cm³/mol. The maximum absolute atomic E-state index is 14.0. The van der Waals surface area contributed by atoms with E-state index in [1.807, 2.05) is 0 Å². The van der Waals surface area contributed by atoms with Crippen molar-refractivity contribution in [2.24, 2.45) is 0 Å². The molecule has 3 rings (SSSR count). The molecule has 5 nitrogen and oxygen atoms in total. The minimum Gasteiger partial charge on any atom is -0.314 e. The summed E-state index contributed by atoms with van der Waals surface area (Å²) >= 11 is 5.70. The van der Waals surface area contributed by atoms with Crippen LogP contribution >= 0.6 is 24.0 Å². The van der Waals surface area contributed by atoms with Gasteiger partial charge in [0.05, 0.1) is 5.02 Å². The molecular weight excluding hydrogens is 364 g/mol. The van der Waals surface area contributed by atoms with Crippen LogP contribution in [0.15, 0.2) is 23.1 Å². The van der Waals surface area contributed by atoms with Gasteiger partial charge in [-0.15, -0.1) is 12.4 Å². The molecule has 1 unspecified atom stereocenters. The lowest BCUT2D eigenvalue weighted by Crippen LogP contribution is -2.49. The van der Waals surface area contributed by atoms with Crippen LogP contribution in [-0.2, 0) is 10.0 Å². The Morgan fingerprint density at radius 1 is 1.22 bits per heavy atom. The number of benzene rings is 1. The molecule has 0 aromatic heterocycles. The van der Waals surface area contributed by atoms with Gasteiger partial charge < -0.3 is 5.32 Å². The van der Waals surface area contributed by atoms with E-state index in [0.717, 1.165) is 32.6 Å². The number of nitrogens with zero attached hydrogens (tertiary/aromatic N) is 2. The monoisotopic (exact) mass is 383 g/mol. The van der Waals surface area contributed by atoms with E-state index in [0.29, 0.717) is 13.1 Å². The maximum Gasteiger partial charge on any atom is 0.246 e. The SMILES string of the molecule is Cl.O=S(=O)(c1cccc(Cl)c1F)N1CCC(N2CCNCC2)C1. The van der Waals surface area contributed by atoms with E-state index in [4.69, 9.17) is 11.6 Å². The molecule has 2 fully saturated rings. The molecule has 130 valence electrons. The number of hydrogen-bond donors (Lipinski definition) is 1. The van der Waals surface area contributed by atoms with Crippen LogP contribution in [0, 0.1) is 5.82 Å². The van der Waals surface area contributed by atoms with Crippen LogP contribution < -0.4 is 5.32 Å². The molecule has 0 saturated carbocycles. The molecule has 1 atom stereocenters. The highest BCUT2D eigenvalue weighted by molar-refractivity contribution is 7.89. The number of halogens is 3. The summed E-state index contributed by atoms with van der Waals surface area (Å²) in [6.07, 6.45) is 0.779. The maximum atomic E-state index is 14.0. The molecule has 0 aliphatic carbocycles. The number of nitrogens with one attached hydrogen (secondary N) is 1. The fourth-order valence-corrected chi connectivity index (χ4v) is 4.91. The molecule has 2 heterocycles. The summed E-state index contributed by atoms with van der Waals surface area (Å²) in [7, 11) is -3.83. The quantitative estimate of drug-likeness (QED) is 0.860. The van der Waals surface area contributed by atoms with Crippen molar-refractivity contribution in [3.05, 3.63) is 29.0 Å². The largest absolute Gasteiger partial charge is 0.314 e. The van der Waals surface area contributed by atoms with Crippen LogP contribution in [0.1, 0.15) is 6.42 Å². The zero-order chi connectivity index (χ0) is 15.7. The van der Waals surface area contributed by atoms with Gasteiger partial charge in [-0.3, -0.25) is 4.90 Å². The normalized spacial score (nSPS) is 23.7. The van der Waals surface area contributed by atoms with E-state index in [1.165, 1.54) is 22.5 Å². The molecule has 0 amide bonds. The first kappa shape index (κ1) is 18.9. The van der Waals surface area contributed by atoms with Crippen molar-refractivity contribution < 1.29 is 12.8 Å². The molecule has 2 aliphatic heterocycles. The highest BCUT2D eigenvalue weighted by Gasteiger charge is 2.36. The smallest absolute Gasteiger partial charge is 0.246 e. The van der Waals surface area contributed by atoms with Crippen molar-refractivity contribution in [2.45, 2.75) is 17.4 Å². The molecule has 1 aromatic carbocycles. The minimum absolute atomic E-state index is 0. The van der Waals surface area contributed by atoms with Crippen LogP contribution in [-0.4, -0.2) is 62.9 Å². The van der Waals surface area contributed by atoms with E-state index in [-0.39, 0.29) is 28.4 Å². The molecule has 2 saturated heterocycles. The summed E-state index contributed by atoms with van der Waals surface area (Å²) < 4.78 is 40.7. The third-order valence-electron chi connectivity index (χ3n) is 4.33. The highest BCUT2D eigenvalue weighted by atomic mass is 35.5. The van der Waals surface area contributed by atoms with Crippen LogP contribution in [0.5, 0.6) is 0 Å². The van der Waals surface area contributed by atoms with Crippen LogP contribution in [0.2, 0.25) is 5.02 Å². The fourth-order valence-electron chi connectivity index (χ4n) is 3.10. The topological polar surface area (TPSA) is 52.7 Å². The van der Waals surface area contributed by atoms with Crippen LogP contribution in [0.4, 0.5) is 4.39 Å². The van der Waals surface area contributed by atoms with Gasteiger partial charge in [-0.2, -0.15) is 4.31 Å². The molecule has 2 aliphatic rings. The van der Waals surface area contributed by atoms with E-state index < -0.39 is 15.8 Å². The molecule has 0 bridgehead atoms. The lowest BCUT2D eigenvalue weighted by atomic mass is 10.2. The first-order chi connectivity index (χ1) is 10.5. The second-order valence-corrected chi connectivity index (χ2v) is 7.96. The highest BCUT2D eigenvalue weighted by Crippen LogP contribution is 2.28. The lowest BCUT2D eigenvalue weighted by molar-refractivity contribution is 0.179. The summed E-state index contributed by atoms with van der Waals surface area (Å²) in [5, 5.41) is 3.11. The molecule has 1 aromatic rings. The van der Waals surface area contributed by atoms with Crippen molar-refractivity contribution >= 4 is 34.0 Å². The number of rotatable bonds is 3. The molecule has 0 radical (unpaired) electrons. The average molecular weight is 384 g/mol. The van der Waals surface area contributed by atoms with Gasteiger partial charge >= 0.3 is 0 Å². The third-order valence-corrected chi connectivity index (χ3v) is 6.50. The van der Waals surface area contributed by atoms with Crippen molar-refractivity contribution in [1.82, 2.24) is 14.5 Å². The average Bonchev–Trinajstić information content (AvgIpc) is 3.01. The Balaban J connectivity index is 0.00000192. The Kier molecular flexibility index (Phi) is 6.27. The standard InChI is InChI=1S/C14H19ClFN3O2S.ClH/c15-12-2-1-3-13(14(12)16)22(20,21)19-7-4-11(10-19)18-8-5-17-6-9-18;/h1-3,11,17H,4-10H2;1H. The lowest BCUT2D eigenvalue weighted by Gasteiger charge is -2.32. The fraction of sp³-hybridized carbons (Fsp3) is 0.571.